The maximum atomic E-state index is 13.0. The van der Waals surface area contributed by atoms with E-state index in [1.54, 1.807) is 18.2 Å². The number of fused-ring (bicyclic) bond motifs is 1. The topological polar surface area (TPSA) is 106 Å². The summed E-state index contributed by atoms with van der Waals surface area (Å²) < 4.78 is 59.4. The Balaban J connectivity index is 1.41. The van der Waals surface area contributed by atoms with Crippen LogP contribution in [0.25, 0.3) is 22.2 Å². The highest BCUT2D eigenvalue weighted by Crippen LogP contribution is 2.32. The molecule has 35 heavy (non-hydrogen) atoms. The van der Waals surface area contributed by atoms with Gasteiger partial charge in [-0.25, -0.2) is 26.1 Å². The molecule has 1 aromatic heterocycles. The molecule has 0 atom stereocenters. The van der Waals surface area contributed by atoms with Crippen LogP contribution in [-0.4, -0.2) is 40.9 Å². The fourth-order valence-corrected chi connectivity index (χ4v) is 6.23. The molecule has 180 valence electrons. The molecule has 1 aliphatic rings. The van der Waals surface area contributed by atoms with Crippen LogP contribution < -0.4 is 9.03 Å². The average Bonchev–Trinajstić information content (AvgIpc) is 2.84. The van der Waals surface area contributed by atoms with Crippen molar-refractivity contribution in [1.29, 1.82) is 0 Å². The SMILES string of the molecule is O=S(=O)(Nc1ccc(Cl)c(-c2ccc3ccccc3n2)c1)c1ccc(N2COCCS2(=O)=O)cc1. The number of benzene rings is 3. The van der Waals surface area contributed by atoms with Gasteiger partial charge in [0.1, 0.15) is 6.73 Å². The number of hydrogen-bond acceptors (Lipinski definition) is 6. The van der Waals surface area contributed by atoms with Crippen LogP contribution in [0.5, 0.6) is 0 Å². The average molecular weight is 530 g/mol. The van der Waals surface area contributed by atoms with Crippen LogP contribution in [-0.2, 0) is 24.8 Å². The number of nitrogens with one attached hydrogen (secondary N) is 1. The lowest BCUT2D eigenvalue weighted by Gasteiger charge is -2.28. The number of anilines is 2. The van der Waals surface area contributed by atoms with E-state index in [9.17, 15) is 16.8 Å². The van der Waals surface area contributed by atoms with Crippen molar-refractivity contribution >= 4 is 53.9 Å². The van der Waals surface area contributed by atoms with E-state index in [4.69, 9.17) is 16.3 Å². The van der Waals surface area contributed by atoms with Gasteiger partial charge in [-0.2, -0.15) is 0 Å². The number of pyridine rings is 1. The normalized spacial score (nSPS) is 15.7. The first kappa shape index (κ1) is 23.6. The van der Waals surface area contributed by atoms with E-state index in [2.05, 4.69) is 9.71 Å². The minimum absolute atomic E-state index is 0.0168. The zero-order valence-electron chi connectivity index (χ0n) is 18.3. The quantitative estimate of drug-likeness (QED) is 0.408. The van der Waals surface area contributed by atoms with Crippen molar-refractivity contribution in [1.82, 2.24) is 4.98 Å². The van der Waals surface area contributed by atoms with E-state index in [1.807, 2.05) is 36.4 Å². The number of rotatable bonds is 5. The lowest BCUT2D eigenvalue weighted by Crippen LogP contribution is -2.41. The van der Waals surface area contributed by atoms with Crippen LogP contribution in [0.2, 0.25) is 5.02 Å². The number of halogens is 1. The van der Waals surface area contributed by atoms with E-state index in [-0.39, 0.29) is 24.0 Å². The number of para-hydroxylation sites is 1. The van der Waals surface area contributed by atoms with Crippen molar-refractivity contribution in [3.63, 3.8) is 0 Å². The lowest BCUT2D eigenvalue weighted by atomic mass is 10.1. The van der Waals surface area contributed by atoms with Gasteiger partial charge in [0.15, 0.2) is 0 Å². The smallest absolute Gasteiger partial charge is 0.261 e. The Hall–Kier alpha value is -3.18. The van der Waals surface area contributed by atoms with Gasteiger partial charge in [0.05, 0.1) is 39.2 Å². The zero-order valence-corrected chi connectivity index (χ0v) is 20.6. The first-order valence-corrected chi connectivity index (χ1v) is 14.1. The molecule has 5 rings (SSSR count). The third-order valence-electron chi connectivity index (χ3n) is 5.56. The molecule has 1 fully saturated rings. The highest BCUT2D eigenvalue weighted by molar-refractivity contribution is 7.93. The summed E-state index contributed by atoms with van der Waals surface area (Å²) in [6, 6.07) is 21.8. The van der Waals surface area contributed by atoms with Gasteiger partial charge in [0.25, 0.3) is 10.0 Å². The Bertz CT molecular complexity index is 1630. The summed E-state index contributed by atoms with van der Waals surface area (Å²) in [6.45, 7) is 0.0239. The van der Waals surface area contributed by atoms with Crippen molar-refractivity contribution in [3.8, 4) is 11.3 Å². The number of ether oxygens (including phenoxy) is 1. The van der Waals surface area contributed by atoms with Crippen LogP contribution >= 0.6 is 11.6 Å². The molecule has 1 aliphatic heterocycles. The predicted molar refractivity (Wildman–Crippen MR) is 137 cm³/mol. The van der Waals surface area contributed by atoms with Crippen molar-refractivity contribution in [2.24, 2.45) is 0 Å². The Morgan fingerprint density at radius 3 is 2.51 bits per heavy atom. The summed E-state index contributed by atoms with van der Waals surface area (Å²) in [5.41, 5.74) is 2.65. The van der Waals surface area contributed by atoms with Gasteiger partial charge in [-0.1, -0.05) is 35.9 Å². The molecule has 8 nitrogen and oxygen atoms in total. The van der Waals surface area contributed by atoms with Gasteiger partial charge in [-0.15, -0.1) is 0 Å². The molecule has 3 aromatic carbocycles. The first-order chi connectivity index (χ1) is 16.7. The van der Waals surface area contributed by atoms with Crippen LogP contribution in [0.15, 0.2) is 83.8 Å². The Morgan fingerprint density at radius 2 is 1.74 bits per heavy atom. The first-order valence-electron chi connectivity index (χ1n) is 10.6. The third kappa shape index (κ3) is 4.83. The maximum absolute atomic E-state index is 13.0. The maximum Gasteiger partial charge on any atom is 0.261 e. The molecule has 1 saturated heterocycles. The molecule has 0 radical (unpaired) electrons. The highest BCUT2D eigenvalue weighted by Gasteiger charge is 2.27. The molecule has 0 unspecified atom stereocenters. The van der Waals surface area contributed by atoms with Crippen LogP contribution in [0.1, 0.15) is 0 Å². The molecule has 0 aliphatic carbocycles. The van der Waals surface area contributed by atoms with Crippen molar-refractivity contribution in [2.45, 2.75) is 4.90 Å². The fraction of sp³-hybridized carbons (Fsp3) is 0.125. The summed E-state index contributed by atoms with van der Waals surface area (Å²) >= 11 is 6.40. The number of hydrogen-bond donors (Lipinski definition) is 1. The molecule has 1 N–H and O–H groups in total. The van der Waals surface area contributed by atoms with Crippen LogP contribution in [0.4, 0.5) is 11.4 Å². The Morgan fingerprint density at radius 1 is 0.971 bits per heavy atom. The number of sulfonamides is 2. The predicted octanol–water partition coefficient (Wildman–Crippen LogP) is 4.48. The van der Waals surface area contributed by atoms with Crippen LogP contribution in [0, 0.1) is 0 Å². The minimum atomic E-state index is -3.95. The number of nitrogens with zero attached hydrogens (tertiary/aromatic N) is 2. The van der Waals surface area contributed by atoms with E-state index in [0.29, 0.717) is 27.7 Å². The van der Waals surface area contributed by atoms with Crippen molar-refractivity contribution in [3.05, 3.63) is 83.9 Å². The molecular weight excluding hydrogens is 510 g/mol. The molecular formula is C24H20ClN3O5S2. The molecule has 0 amide bonds. The van der Waals surface area contributed by atoms with E-state index in [1.165, 1.54) is 24.3 Å². The van der Waals surface area contributed by atoms with Gasteiger partial charge in [0, 0.05) is 16.6 Å². The summed E-state index contributed by atoms with van der Waals surface area (Å²) in [4.78, 5) is 4.63. The largest absolute Gasteiger partial charge is 0.359 e. The molecule has 0 saturated carbocycles. The van der Waals surface area contributed by atoms with Crippen LogP contribution in [0.3, 0.4) is 0 Å². The second-order valence-corrected chi connectivity index (χ2v) is 12.0. The summed E-state index contributed by atoms with van der Waals surface area (Å²) in [6.07, 6.45) is 0. The van der Waals surface area contributed by atoms with E-state index >= 15 is 0 Å². The third-order valence-corrected chi connectivity index (χ3v) is 8.96. The van der Waals surface area contributed by atoms with E-state index < -0.39 is 20.0 Å². The molecule has 4 aromatic rings. The summed E-state index contributed by atoms with van der Waals surface area (Å²) in [5, 5.41) is 1.42. The minimum Gasteiger partial charge on any atom is -0.359 e. The van der Waals surface area contributed by atoms with Gasteiger partial charge in [0.2, 0.25) is 10.0 Å². The summed E-state index contributed by atoms with van der Waals surface area (Å²) in [7, 11) is -7.45. The Kier molecular flexibility index (Phi) is 6.14. The van der Waals surface area contributed by atoms with Gasteiger partial charge in [-0.05, 0) is 54.6 Å². The number of aromatic nitrogens is 1. The van der Waals surface area contributed by atoms with Gasteiger partial charge in [-0.3, -0.25) is 4.72 Å². The standard InChI is InChI=1S/C24H20ClN3O5S2/c25-22-11-6-18(15-21(22)24-12-5-17-3-1-2-4-23(17)26-24)27-35(31,32)20-9-7-19(8-10-20)28-16-33-13-14-34(28,29)30/h1-12,15,27H,13-14,16H2. The van der Waals surface area contributed by atoms with Crippen molar-refractivity contribution in [2.75, 3.05) is 28.1 Å². The fourth-order valence-electron chi connectivity index (χ4n) is 3.74. The van der Waals surface area contributed by atoms with Crippen molar-refractivity contribution < 1.29 is 21.6 Å². The second kappa shape index (κ2) is 9.12. The monoisotopic (exact) mass is 529 g/mol. The molecule has 0 spiro atoms. The highest BCUT2D eigenvalue weighted by atomic mass is 35.5. The summed E-state index contributed by atoms with van der Waals surface area (Å²) in [5.74, 6) is -0.125. The van der Waals surface area contributed by atoms with E-state index in [0.717, 1.165) is 15.2 Å². The molecule has 2 heterocycles. The van der Waals surface area contributed by atoms with Gasteiger partial charge < -0.3 is 4.74 Å². The second-order valence-electron chi connectivity index (χ2n) is 7.89. The Labute approximate surface area is 208 Å². The molecule has 11 heteroatoms. The lowest BCUT2D eigenvalue weighted by molar-refractivity contribution is 0.149. The van der Waals surface area contributed by atoms with Gasteiger partial charge >= 0.3 is 0 Å². The zero-order chi connectivity index (χ0) is 24.6. The molecule has 0 bridgehead atoms.